The Kier molecular flexibility index (Phi) is 6.03. The molecule has 18 heavy (non-hydrogen) atoms. The summed E-state index contributed by atoms with van der Waals surface area (Å²) in [4.78, 5) is 0. The molecule has 0 aliphatic heterocycles. The van der Waals surface area contributed by atoms with Crippen LogP contribution < -0.4 is 14.8 Å². The van der Waals surface area contributed by atoms with E-state index in [0.717, 1.165) is 23.6 Å². The number of ether oxygens (including phenoxy) is 2. The first kappa shape index (κ1) is 14.3. The molecule has 0 heterocycles. The average molecular weight is 248 g/mol. The van der Waals surface area contributed by atoms with Crippen LogP contribution in [0.4, 0.5) is 0 Å². The van der Waals surface area contributed by atoms with Crippen molar-refractivity contribution >= 4 is 0 Å². The molecule has 0 fully saturated rings. The van der Waals surface area contributed by atoms with Crippen LogP contribution in [0, 0.1) is 17.2 Å². The van der Waals surface area contributed by atoms with E-state index in [9.17, 15) is 0 Å². The standard InChI is InChI=1S/C14H20N2O2/c1-11(2)9-16-10-12-8-13(17-3)4-5-14(12)18-7-6-15/h4-5,8,11,16H,7,9-10H2,1-3H3. The van der Waals surface area contributed by atoms with E-state index in [2.05, 4.69) is 19.2 Å². The maximum Gasteiger partial charge on any atom is 0.174 e. The maximum absolute atomic E-state index is 8.55. The van der Waals surface area contributed by atoms with E-state index in [1.54, 1.807) is 7.11 Å². The fourth-order valence-corrected chi connectivity index (χ4v) is 1.57. The number of benzene rings is 1. The molecule has 0 bridgehead atoms. The summed E-state index contributed by atoms with van der Waals surface area (Å²) < 4.78 is 10.6. The predicted octanol–water partition coefficient (Wildman–Crippen LogP) is 2.34. The van der Waals surface area contributed by atoms with Crippen LogP contribution in [0.2, 0.25) is 0 Å². The summed E-state index contributed by atoms with van der Waals surface area (Å²) in [5, 5.41) is 11.9. The summed E-state index contributed by atoms with van der Waals surface area (Å²) in [5.41, 5.74) is 1.00. The van der Waals surface area contributed by atoms with Gasteiger partial charge in [0.05, 0.1) is 7.11 Å². The van der Waals surface area contributed by atoms with Gasteiger partial charge in [-0.3, -0.25) is 0 Å². The van der Waals surface area contributed by atoms with Crippen molar-refractivity contribution in [2.45, 2.75) is 20.4 Å². The van der Waals surface area contributed by atoms with E-state index in [1.165, 1.54) is 0 Å². The molecule has 1 aromatic carbocycles. The summed E-state index contributed by atoms with van der Waals surface area (Å²) in [6, 6.07) is 7.57. The molecule has 0 aromatic heterocycles. The molecule has 0 radical (unpaired) electrons. The van der Waals surface area contributed by atoms with Crippen LogP contribution in [-0.2, 0) is 6.54 Å². The highest BCUT2D eigenvalue weighted by molar-refractivity contribution is 5.40. The van der Waals surface area contributed by atoms with Gasteiger partial charge in [-0.15, -0.1) is 0 Å². The summed E-state index contributed by atoms with van der Waals surface area (Å²) in [7, 11) is 1.64. The van der Waals surface area contributed by atoms with Crippen LogP contribution in [0.15, 0.2) is 18.2 Å². The van der Waals surface area contributed by atoms with Crippen LogP contribution in [-0.4, -0.2) is 20.3 Å². The van der Waals surface area contributed by atoms with Gasteiger partial charge in [-0.2, -0.15) is 5.26 Å². The number of rotatable bonds is 7. The predicted molar refractivity (Wildman–Crippen MR) is 70.6 cm³/mol. The van der Waals surface area contributed by atoms with Crippen molar-refractivity contribution in [3.63, 3.8) is 0 Å². The van der Waals surface area contributed by atoms with E-state index in [4.69, 9.17) is 14.7 Å². The highest BCUT2D eigenvalue weighted by Crippen LogP contribution is 2.24. The Labute approximate surface area is 109 Å². The van der Waals surface area contributed by atoms with Gasteiger partial charge in [0.25, 0.3) is 0 Å². The lowest BCUT2D eigenvalue weighted by Gasteiger charge is -2.13. The highest BCUT2D eigenvalue weighted by atomic mass is 16.5. The topological polar surface area (TPSA) is 54.3 Å². The van der Waals surface area contributed by atoms with E-state index < -0.39 is 0 Å². The van der Waals surface area contributed by atoms with Gasteiger partial charge < -0.3 is 14.8 Å². The third kappa shape index (κ3) is 4.64. The quantitative estimate of drug-likeness (QED) is 0.804. The Morgan fingerprint density at radius 1 is 1.39 bits per heavy atom. The lowest BCUT2D eigenvalue weighted by atomic mass is 10.1. The first-order chi connectivity index (χ1) is 8.67. The van der Waals surface area contributed by atoms with Crippen molar-refractivity contribution in [2.24, 2.45) is 5.92 Å². The Balaban J connectivity index is 2.73. The van der Waals surface area contributed by atoms with Crippen LogP contribution in [0.3, 0.4) is 0 Å². The second-order valence-electron chi connectivity index (χ2n) is 4.45. The molecule has 0 spiro atoms. The molecule has 0 amide bonds. The van der Waals surface area contributed by atoms with E-state index >= 15 is 0 Å². The lowest BCUT2D eigenvalue weighted by Crippen LogP contribution is -2.19. The fraction of sp³-hybridized carbons (Fsp3) is 0.500. The Bertz CT molecular complexity index is 411. The zero-order valence-corrected chi connectivity index (χ0v) is 11.2. The molecule has 0 aliphatic carbocycles. The van der Waals surface area contributed by atoms with Crippen molar-refractivity contribution in [3.8, 4) is 17.6 Å². The van der Waals surface area contributed by atoms with Gasteiger partial charge in [0.2, 0.25) is 0 Å². The lowest BCUT2D eigenvalue weighted by molar-refractivity contribution is 0.359. The molecule has 1 aromatic rings. The SMILES string of the molecule is COc1ccc(OCC#N)c(CNCC(C)C)c1. The van der Waals surface area contributed by atoms with E-state index in [-0.39, 0.29) is 6.61 Å². The minimum Gasteiger partial charge on any atom is -0.497 e. The summed E-state index contributed by atoms with van der Waals surface area (Å²) in [5.74, 6) is 2.12. The van der Waals surface area contributed by atoms with Gasteiger partial charge in [-0.1, -0.05) is 13.8 Å². The number of nitriles is 1. The van der Waals surface area contributed by atoms with Gasteiger partial charge in [0.1, 0.15) is 17.6 Å². The minimum atomic E-state index is 0.0590. The molecule has 0 unspecified atom stereocenters. The summed E-state index contributed by atoms with van der Waals surface area (Å²) >= 11 is 0. The van der Waals surface area contributed by atoms with E-state index in [1.807, 2.05) is 24.3 Å². The van der Waals surface area contributed by atoms with Crippen molar-refractivity contribution < 1.29 is 9.47 Å². The van der Waals surface area contributed by atoms with Crippen LogP contribution in [0.1, 0.15) is 19.4 Å². The third-order valence-electron chi connectivity index (χ3n) is 2.43. The van der Waals surface area contributed by atoms with E-state index in [0.29, 0.717) is 12.5 Å². The fourth-order valence-electron chi connectivity index (χ4n) is 1.57. The van der Waals surface area contributed by atoms with Gasteiger partial charge in [-0.25, -0.2) is 0 Å². The second-order valence-corrected chi connectivity index (χ2v) is 4.45. The zero-order chi connectivity index (χ0) is 13.4. The van der Waals surface area contributed by atoms with Crippen LogP contribution >= 0.6 is 0 Å². The molecular weight excluding hydrogens is 228 g/mol. The Morgan fingerprint density at radius 3 is 2.78 bits per heavy atom. The number of hydrogen-bond acceptors (Lipinski definition) is 4. The van der Waals surface area contributed by atoms with Crippen LogP contribution in [0.5, 0.6) is 11.5 Å². The van der Waals surface area contributed by atoms with Crippen molar-refractivity contribution in [3.05, 3.63) is 23.8 Å². The molecule has 0 saturated heterocycles. The first-order valence-corrected chi connectivity index (χ1v) is 6.04. The van der Waals surface area contributed by atoms with Crippen molar-refractivity contribution in [1.29, 1.82) is 5.26 Å². The number of methoxy groups -OCH3 is 1. The smallest absolute Gasteiger partial charge is 0.174 e. The number of hydrogen-bond donors (Lipinski definition) is 1. The molecule has 98 valence electrons. The molecule has 0 aliphatic rings. The normalized spacial score (nSPS) is 10.2. The van der Waals surface area contributed by atoms with Crippen molar-refractivity contribution in [2.75, 3.05) is 20.3 Å². The van der Waals surface area contributed by atoms with Gasteiger partial charge in [-0.05, 0) is 30.7 Å². The molecule has 4 heteroatoms. The molecule has 4 nitrogen and oxygen atoms in total. The minimum absolute atomic E-state index is 0.0590. The molecule has 0 atom stereocenters. The summed E-state index contributed by atoms with van der Waals surface area (Å²) in [6.07, 6.45) is 0. The largest absolute Gasteiger partial charge is 0.497 e. The average Bonchev–Trinajstić information content (AvgIpc) is 2.36. The molecular formula is C14H20N2O2. The molecule has 0 saturated carbocycles. The maximum atomic E-state index is 8.55. The third-order valence-corrected chi connectivity index (χ3v) is 2.43. The first-order valence-electron chi connectivity index (χ1n) is 6.04. The van der Waals surface area contributed by atoms with Crippen molar-refractivity contribution in [1.82, 2.24) is 5.32 Å². The summed E-state index contributed by atoms with van der Waals surface area (Å²) in [6.45, 7) is 6.02. The number of nitrogens with zero attached hydrogens (tertiary/aromatic N) is 1. The Morgan fingerprint density at radius 2 is 2.17 bits per heavy atom. The van der Waals surface area contributed by atoms with Gasteiger partial charge in [0.15, 0.2) is 6.61 Å². The number of nitrogens with one attached hydrogen (secondary N) is 1. The monoisotopic (exact) mass is 248 g/mol. The molecule has 1 N–H and O–H groups in total. The highest BCUT2D eigenvalue weighted by Gasteiger charge is 2.06. The molecule has 1 rings (SSSR count). The van der Waals surface area contributed by atoms with Gasteiger partial charge >= 0.3 is 0 Å². The second kappa shape index (κ2) is 7.57. The van der Waals surface area contributed by atoms with Gasteiger partial charge in [0, 0.05) is 12.1 Å². The van der Waals surface area contributed by atoms with Crippen LogP contribution in [0.25, 0.3) is 0 Å². The zero-order valence-electron chi connectivity index (χ0n) is 11.2. The Hall–Kier alpha value is -1.73.